The summed E-state index contributed by atoms with van der Waals surface area (Å²) in [6.45, 7) is 4.04. The molecule has 146 valence electrons. The summed E-state index contributed by atoms with van der Waals surface area (Å²) in [5.41, 5.74) is 2.21. The fraction of sp³-hybridized carbons (Fsp3) is 0.600. The number of thiophene rings is 1. The zero-order valence-electron chi connectivity index (χ0n) is 15.9. The Labute approximate surface area is 164 Å². The summed E-state index contributed by atoms with van der Waals surface area (Å²) in [4.78, 5) is 16.8. The van der Waals surface area contributed by atoms with E-state index in [1.807, 2.05) is 12.1 Å². The Hall–Kier alpha value is -1.70. The first-order valence-corrected chi connectivity index (χ1v) is 10.7. The van der Waals surface area contributed by atoms with Gasteiger partial charge in [0.05, 0.1) is 36.0 Å². The van der Waals surface area contributed by atoms with Crippen molar-refractivity contribution in [2.45, 2.75) is 64.4 Å². The molecule has 1 aliphatic carbocycles. The van der Waals surface area contributed by atoms with E-state index in [-0.39, 0.29) is 5.91 Å². The van der Waals surface area contributed by atoms with Crippen molar-refractivity contribution in [2.75, 3.05) is 13.7 Å². The molecule has 7 heteroatoms. The van der Waals surface area contributed by atoms with Gasteiger partial charge >= 0.3 is 0 Å². The lowest BCUT2D eigenvalue weighted by atomic mass is 9.94. The molecule has 1 N–H and O–H groups in total. The second kappa shape index (κ2) is 8.54. The van der Waals surface area contributed by atoms with Crippen LogP contribution >= 0.6 is 11.3 Å². The van der Waals surface area contributed by atoms with Gasteiger partial charge in [0.15, 0.2) is 0 Å². The van der Waals surface area contributed by atoms with Crippen molar-refractivity contribution >= 4 is 17.2 Å². The van der Waals surface area contributed by atoms with E-state index in [0.717, 1.165) is 41.1 Å². The lowest BCUT2D eigenvalue weighted by Gasteiger charge is -2.36. The molecule has 27 heavy (non-hydrogen) atoms. The first-order valence-electron chi connectivity index (χ1n) is 9.88. The number of fused-ring (bicyclic) bond motifs is 1. The van der Waals surface area contributed by atoms with E-state index in [0.29, 0.717) is 13.2 Å². The summed E-state index contributed by atoms with van der Waals surface area (Å²) < 4.78 is 7.22. The molecule has 0 aromatic carbocycles. The number of carbonyl (C=O) groups is 1. The molecule has 6 nitrogen and oxygen atoms in total. The van der Waals surface area contributed by atoms with Crippen LogP contribution in [0.25, 0.3) is 0 Å². The Morgan fingerprint density at radius 1 is 1.30 bits per heavy atom. The maximum absolute atomic E-state index is 12.4. The summed E-state index contributed by atoms with van der Waals surface area (Å²) in [6.07, 6.45) is 6.80. The van der Waals surface area contributed by atoms with Crippen LogP contribution in [0.1, 0.15) is 58.0 Å². The predicted octanol–water partition coefficient (Wildman–Crippen LogP) is 3.17. The molecule has 3 heterocycles. The SMILES string of the molecule is COCc1ccc(C(=O)NCc2cc3n(n2)CCN(C2CCCCC2)C3)s1. The van der Waals surface area contributed by atoms with Gasteiger partial charge in [0.25, 0.3) is 5.91 Å². The van der Waals surface area contributed by atoms with Crippen LogP contribution in [-0.4, -0.2) is 40.3 Å². The number of hydrogen-bond donors (Lipinski definition) is 1. The summed E-state index contributed by atoms with van der Waals surface area (Å²) in [6, 6.07) is 6.69. The average molecular weight is 389 g/mol. The first kappa shape index (κ1) is 18.7. The number of methoxy groups -OCH3 is 1. The molecular formula is C20H28N4O2S. The summed E-state index contributed by atoms with van der Waals surface area (Å²) in [5.74, 6) is -0.0443. The van der Waals surface area contributed by atoms with Crippen LogP contribution in [0.3, 0.4) is 0 Å². The number of ether oxygens (including phenoxy) is 1. The Morgan fingerprint density at radius 3 is 2.96 bits per heavy atom. The minimum absolute atomic E-state index is 0.0443. The molecule has 1 fully saturated rings. The third kappa shape index (κ3) is 4.42. The predicted molar refractivity (Wildman–Crippen MR) is 106 cm³/mol. The second-order valence-electron chi connectivity index (χ2n) is 7.49. The van der Waals surface area contributed by atoms with E-state index in [1.54, 1.807) is 7.11 Å². The van der Waals surface area contributed by atoms with Crippen molar-refractivity contribution in [1.29, 1.82) is 0 Å². The van der Waals surface area contributed by atoms with Gasteiger partial charge < -0.3 is 10.1 Å². The van der Waals surface area contributed by atoms with Crippen LogP contribution in [0.15, 0.2) is 18.2 Å². The molecule has 2 aromatic rings. The lowest BCUT2D eigenvalue weighted by molar-refractivity contribution is 0.0954. The van der Waals surface area contributed by atoms with Crippen molar-refractivity contribution in [1.82, 2.24) is 20.0 Å². The highest BCUT2D eigenvalue weighted by atomic mass is 32.1. The molecule has 0 spiro atoms. The largest absolute Gasteiger partial charge is 0.379 e. The molecule has 1 amide bonds. The Balaban J connectivity index is 1.33. The molecule has 0 bridgehead atoms. The smallest absolute Gasteiger partial charge is 0.261 e. The van der Waals surface area contributed by atoms with Gasteiger partial charge in [-0.05, 0) is 31.0 Å². The molecule has 0 atom stereocenters. The standard InChI is InChI=1S/C20H28N4O2S/c1-26-14-18-7-8-19(27-18)20(25)21-12-15-11-17-13-23(9-10-24(17)22-15)16-5-3-2-4-6-16/h7-8,11,16H,2-6,9-10,12-14H2,1H3,(H,21,25). The van der Waals surface area contributed by atoms with Crippen molar-refractivity contribution in [3.63, 3.8) is 0 Å². The molecule has 1 aliphatic heterocycles. The van der Waals surface area contributed by atoms with E-state index in [4.69, 9.17) is 4.74 Å². The van der Waals surface area contributed by atoms with Crippen molar-refractivity contribution in [3.05, 3.63) is 39.3 Å². The zero-order chi connectivity index (χ0) is 18.6. The molecule has 0 saturated heterocycles. The topological polar surface area (TPSA) is 59.4 Å². The Kier molecular flexibility index (Phi) is 5.90. The highest BCUT2D eigenvalue weighted by Crippen LogP contribution is 2.26. The highest BCUT2D eigenvalue weighted by molar-refractivity contribution is 7.14. The maximum atomic E-state index is 12.4. The minimum atomic E-state index is -0.0443. The van der Waals surface area contributed by atoms with Crippen molar-refractivity contribution in [2.24, 2.45) is 0 Å². The van der Waals surface area contributed by atoms with E-state index < -0.39 is 0 Å². The quantitative estimate of drug-likeness (QED) is 0.826. The monoisotopic (exact) mass is 388 g/mol. The number of aromatic nitrogens is 2. The molecular weight excluding hydrogens is 360 g/mol. The van der Waals surface area contributed by atoms with Crippen LogP contribution in [0.4, 0.5) is 0 Å². The van der Waals surface area contributed by atoms with Crippen LogP contribution in [0.5, 0.6) is 0 Å². The Morgan fingerprint density at radius 2 is 2.15 bits per heavy atom. The lowest BCUT2D eigenvalue weighted by Crippen LogP contribution is -2.42. The van der Waals surface area contributed by atoms with E-state index in [2.05, 4.69) is 26.1 Å². The van der Waals surface area contributed by atoms with E-state index in [9.17, 15) is 4.79 Å². The van der Waals surface area contributed by atoms with Crippen molar-refractivity contribution < 1.29 is 9.53 Å². The van der Waals surface area contributed by atoms with Gasteiger partial charge in [0.1, 0.15) is 0 Å². The van der Waals surface area contributed by atoms with Gasteiger partial charge in [-0.25, -0.2) is 0 Å². The number of nitrogens with one attached hydrogen (secondary N) is 1. The maximum Gasteiger partial charge on any atom is 0.261 e. The summed E-state index contributed by atoms with van der Waals surface area (Å²) in [5, 5.41) is 7.68. The highest BCUT2D eigenvalue weighted by Gasteiger charge is 2.26. The zero-order valence-corrected chi connectivity index (χ0v) is 16.8. The molecule has 0 radical (unpaired) electrons. The van der Waals surface area contributed by atoms with Gasteiger partial charge in [-0.15, -0.1) is 11.3 Å². The fourth-order valence-electron chi connectivity index (χ4n) is 4.17. The minimum Gasteiger partial charge on any atom is -0.379 e. The second-order valence-corrected chi connectivity index (χ2v) is 8.66. The fourth-order valence-corrected chi connectivity index (χ4v) is 5.06. The molecule has 2 aliphatic rings. The number of amides is 1. The normalized spacial score (nSPS) is 18.4. The molecule has 2 aromatic heterocycles. The van der Waals surface area contributed by atoms with Crippen LogP contribution in [0.2, 0.25) is 0 Å². The average Bonchev–Trinajstić information content (AvgIpc) is 3.33. The number of rotatable bonds is 6. The van der Waals surface area contributed by atoms with Crippen LogP contribution in [-0.2, 0) is 31.0 Å². The third-order valence-corrected chi connectivity index (χ3v) is 6.63. The van der Waals surface area contributed by atoms with Gasteiger partial charge in [-0.1, -0.05) is 19.3 Å². The van der Waals surface area contributed by atoms with Crippen molar-refractivity contribution in [3.8, 4) is 0 Å². The van der Waals surface area contributed by atoms with E-state index in [1.165, 1.54) is 49.1 Å². The van der Waals surface area contributed by atoms with Gasteiger partial charge in [0, 0.05) is 31.1 Å². The number of hydrogen-bond acceptors (Lipinski definition) is 5. The van der Waals surface area contributed by atoms with E-state index >= 15 is 0 Å². The van der Waals surface area contributed by atoms with Crippen LogP contribution < -0.4 is 5.32 Å². The molecule has 4 rings (SSSR count). The summed E-state index contributed by atoms with van der Waals surface area (Å²) in [7, 11) is 1.66. The number of carbonyl (C=O) groups excluding carboxylic acids is 1. The third-order valence-electron chi connectivity index (χ3n) is 5.57. The molecule has 0 unspecified atom stereocenters. The number of nitrogens with zero attached hydrogens (tertiary/aromatic N) is 3. The van der Waals surface area contributed by atoms with Gasteiger partial charge in [-0.2, -0.15) is 5.10 Å². The van der Waals surface area contributed by atoms with Crippen LogP contribution in [0, 0.1) is 0 Å². The van der Waals surface area contributed by atoms with Gasteiger partial charge in [-0.3, -0.25) is 14.4 Å². The molecule has 1 saturated carbocycles. The summed E-state index contributed by atoms with van der Waals surface area (Å²) >= 11 is 1.47. The Bertz CT molecular complexity index is 779. The first-order chi connectivity index (χ1) is 13.2. The van der Waals surface area contributed by atoms with Gasteiger partial charge in [0.2, 0.25) is 0 Å².